The standard InChI is InChI=1S/C23H17FN2O2/c24-20-8-4-7-18(15-20)16-27-21-12-10-19(11-13-21)23-25-22(28-26-23)14-9-17-5-2-1-3-6-17/h1-15H,16H2. The van der Waals surface area contributed by atoms with Gasteiger partial charge in [-0.15, -0.1) is 0 Å². The number of nitrogens with zero attached hydrogens (tertiary/aromatic N) is 2. The van der Waals surface area contributed by atoms with Crippen LogP contribution in [0.1, 0.15) is 17.0 Å². The van der Waals surface area contributed by atoms with Gasteiger partial charge in [0.1, 0.15) is 18.2 Å². The molecule has 0 aliphatic heterocycles. The van der Waals surface area contributed by atoms with Gasteiger partial charge in [-0.3, -0.25) is 0 Å². The number of rotatable bonds is 6. The van der Waals surface area contributed by atoms with Gasteiger partial charge in [0.05, 0.1) is 0 Å². The van der Waals surface area contributed by atoms with Gasteiger partial charge in [-0.25, -0.2) is 4.39 Å². The zero-order chi connectivity index (χ0) is 19.2. The maximum absolute atomic E-state index is 13.2. The summed E-state index contributed by atoms with van der Waals surface area (Å²) < 4.78 is 24.2. The molecule has 0 bridgehead atoms. The lowest BCUT2D eigenvalue weighted by atomic mass is 10.2. The zero-order valence-corrected chi connectivity index (χ0v) is 15.0. The SMILES string of the molecule is Fc1cccc(COc2ccc(-c3noc(C=Cc4ccccc4)n3)cc2)c1. The van der Waals surface area contributed by atoms with E-state index < -0.39 is 0 Å². The lowest BCUT2D eigenvalue weighted by Gasteiger charge is -2.06. The molecule has 0 saturated heterocycles. The fourth-order valence-corrected chi connectivity index (χ4v) is 2.65. The molecule has 0 atom stereocenters. The number of hydrogen-bond donors (Lipinski definition) is 0. The molecule has 5 heteroatoms. The summed E-state index contributed by atoms with van der Waals surface area (Å²) in [4.78, 5) is 4.38. The fourth-order valence-electron chi connectivity index (χ4n) is 2.65. The molecule has 28 heavy (non-hydrogen) atoms. The van der Waals surface area contributed by atoms with Crippen LogP contribution in [0.2, 0.25) is 0 Å². The Balaban J connectivity index is 1.40. The van der Waals surface area contributed by atoms with Crippen molar-refractivity contribution in [2.45, 2.75) is 6.61 Å². The van der Waals surface area contributed by atoms with Crippen LogP contribution in [0.15, 0.2) is 83.4 Å². The van der Waals surface area contributed by atoms with Gasteiger partial charge in [0.15, 0.2) is 0 Å². The lowest BCUT2D eigenvalue weighted by molar-refractivity contribution is 0.305. The molecule has 0 aliphatic rings. The monoisotopic (exact) mass is 372 g/mol. The molecule has 0 unspecified atom stereocenters. The van der Waals surface area contributed by atoms with Gasteiger partial charge in [0.25, 0.3) is 5.89 Å². The highest BCUT2D eigenvalue weighted by Crippen LogP contribution is 2.21. The van der Waals surface area contributed by atoms with Crippen LogP contribution in [0.25, 0.3) is 23.5 Å². The Labute approximate surface area is 161 Å². The molecule has 0 aliphatic carbocycles. The van der Waals surface area contributed by atoms with Crippen molar-refractivity contribution in [3.8, 4) is 17.1 Å². The number of benzene rings is 3. The third kappa shape index (κ3) is 4.51. The van der Waals surface area contributed by atoms with E-state index in [4.69, 9.17) is 9.26 Å². The van der Waals surface area contributed by atoms with Gasteiger partial charge in [-0.1, -0.05) is 47.6 Å². The maximum atomic E-state index is 13.2. The van der Waals surface area contributed by atoms with Gasteiger partial charge >= 0.3 is 0 Å². The Morgan fingerprint density at radius 3 is 2.50 bits per heavy atom. The maximum Gasteiger partial charge on any atom is 0.250 e. The van der Waals surface area contributed by atoms with E-state index >= 15 is 0 Å². The smallest absolute Gasteiger partial charge is 0.250 e. The number of aromatic nitrogens is 2. The van der Waals surface area contributed by atoms with E-state index in [1.165, 1.54) is 12.1 Å². The van der Waals surface area contributed by atoms with E-state index in [2.05, 4.69) is 10.1 Å². The second-order valence-corrected chi connectivity index (χ2v) is 6.14. The van der Waals surface area contributed by atoms with Gasteiger partial charge in [0, 0.05) is 11.6 Å². The minimum Gasteiger partial charge on any atom is -0.489 e. The van der Waals surface area contributed by atoms with Gasteiger partial charge in [0.2, 0.25) is 5.82 Å². The highest BCUT2D eigenvalue weighted by molar-refractivity contribution is 5.66. The topological polar surface area (TPSA) is 48.2 Å². The molecule has 0 fully saturated rings. The second-order valence-electron chi connectivity index (χ2n) is 6.14. The molecule has 1 aromatic heterocycles. The first-order chi connectivity index (χ1) is 13.8. The van der Waals surface area contributed by atoms with Crippen molar-refractivity contribution in [1.82, 2.24) is 10.1 Å². The van der Waals surface area contributed by atoms with Crippen molar-refractivity contribution >= 4 is 12.2 Å². The van der Waals surface area contributed by atoms with E-state index in [0.29, 0.717) is 24.1 Å². The van der Waals surface area contributed by atoms with Crippen molar-refractivity contribution in [3.63, 3.8) is 0 Å². The minimum atomic E-state index is -0.273. The minimum absolute atomic E-state index is 0.273. The predicted octanol–water partition coefficient (Wildman–Crippen LogP) is 5.63. The number of halogens is 1. The third-order valence-corrected chi connectivity index (χ3v) is 4.07. The molecular formula is C23H17FN2O2. The molecular weight excluding hydrogens is 355 g/mol. The molecule has 0 N–H and O–H groups in total. The lowest BCUT2D eigenvalue weighted by Crippen LogP contribution is -1.95. The van der Waals surface area contributed by atoms with Gasteiger partial charge < -0.3 is 9.26 Å². The van der Waals surface area contributed by atoms with Crippen molar-refractivity contribution < 1.29 is 13.7 Å². The zero-order valence-electron chi connectivity index (χ0n) is 15.0. The summed E-state index contributed by atoms with van der Waals surface area (Å²) in [7, 11) is 0. The highest BCUT2D eigenvalue weighted by atomic mass is 19.1. The molecule has 0 spiro atoms. The van der Waals surface area contributed by atoms with E-state index in [0.717, 1.165) is 16.7 Å². The summed E-state index contributed by atoms with van der Waals surface area (Å²) in [6.45, 7) is 0.299. The predicted molar refractivity (Wildman–Crippen MR) is 106 cm³/mol. The fraction of sp³-hybridized carbons (Fsp3) is 0.0435. The average Bonchev–Trinajstić information content (AvgIpc) is 3.21. The molecule has 4 nitrogen and oxygen atoms in total. The average molecular weight is 372 g/mol. The van der Waals surface area contributed by atoms with Crippen LogP contribution >= 0.6 is 0 Å². The summed E-state index contributed by atoms with van der Waals surface area (Å²) in [5, 5.41) is 4.01. The third-order valence-electron chi connectivity index (χ3n) is 4.07. The molecule has 1 heterocycles. The summed E-state index contributed by atoms with van der Waals surface area (Å²) in [5.74, 6) is 1.35. The molecule has 0 amide bonds. The Morgan fingerprint density at radius 2 is 1.71 bits per heavy atom. The van der Waals surface area contributed by atoms with E-state index in [1.54, 1.807) is 12.1 Å². The van der Waals surface area contributed by atoms with Crippen LogP contribution in [0.4, 0.5) is 4.39 Å². The van der Waals surface area contributed by atoms with E-state index in [9.17, 15) is 4.39 Å². The summed E-state index contributed by atoms with van der Waals surface area (Å²) in [5.41, 5.74) is 2.65. The van der Waals surface area contributed by atoms with Crippen LogP contribution in [-0.4, -0.2) is 10.1 Å². The van der Waals surface area contributed by atoms with Crippen LogP contribution in [0.5, 0.6) is 5.75 Å². The highest BCUT2D eigenvalue weighted by Gasteiger charge is 2.07. The Hall–Kier alpha value is -3.73. The largest absolute Gasteiger partial charge is 0.489 e. The van der Waals surface area contributed by atoms with Gasteiger partial charge in [-0.05, 0) is 53.6 Å². The summed E-state index contributed by atoms with van der Waals surface area (Å²) >= 11 is 0. The Morgan fingerprint density at radius 1 is 0.893 bits per heavy atom. The summed E-state index contributed by atoms with van der Waals surface area (Å²) in [6.07, 6.45) is 3.70. The molecule has 0 radical (unpaired) electrons. The van der Waals surface area contributed by atoms with Crippen molar-refractivity contribution in [3.05, 3.63) is 102 Å². The normalized spacial score (nSPS) is 11.0. The molecule has 0 saturated carbocycles. The second kappa shape index (κ2) is 8.31. The van der Waals surface area contributed by atoms with Crippen LogP contribution in [0.3, 0.4) is 0 Å². The first-order valence-electron chi connectivity index (χ1n) is 8.81. The van der Waals surface area contributed by atoms with Crippen molar-refractivity contribution in [1.29, 1.82) is 0 Å². The Bertz CT molecular complexity index is 1070. The van der Waals surface area contributed by atoms with Crippen LogP contribution < -0.4 is 4.74 Å². The van der Waals surface area contributed by atoms with Crippen LogP contribution in [-0.2, 0) is 6.61 Å². The van der Waals surface area contributed by atoms with Crippen LogP contribution in [0, 0.1) is 5.82 Å². The summed E-state index contributed by atoms with van der Waals surface area (Å²) in [6, 6.07) is 23.6. The quantitative estimate of drug-likeness (QED) is 0.440. The molecule has 138 valence electrons. The Kier molecular flexibility index (Phi) is 5.24. The first-order valence-corrected chi connectivity index (χ1v) is 8.81. The van der Waals surface area contributed by atoms with Crippen molar-refractivity contribution in [2.75, 3.05) is 0 Å². The van der Waals surface area contributed by atoms with E-state index in [-0.39, 0.29) is 5.82 Å². The number of ether oxygens (including phenoxy) is 1. The molecule has 4 rings (SSSR count). The first kappa shape index (κ1) is 17.7. The molecule has 4 aromatic rings. The van der Waals surface area contributed by atoms with Gasteiger partial charge in [-0.2, -0.15) is 4.98 Å². The van der Waals surface area contributed by atoms with Crippen molar-refractivity contribution in [2.24, 2.45) is 0 Å². The number of hydrogen-bond acceptors (Lipinski definition) is 4. The van der Waals surface area contributed by atoms with E-state index in [1.807, 2.05) is 66.7 Å². The molecule has 3 aromatic carbocycles.